The second-order valence-corrected chi connectivity index (χ2v) is 6.91. The van der Waals surface area contributed by atoms with E-state index < -0.39 is 0 Å². The molecule has 1 atom stereocenters. The van der Waals surface area contributed by atoms with E-state index in [1.165, 1.54) is 0 Å². The number of nitrogens with zero attached hydrogens (tertiary/aromatic N) is 5. The van der Waals surface area contributed by atoms with Crippen molar-refractivity contribution in [1.29, 1.82) is 0 Å². The molecule has 2 saturated heterocycles. The number of likely N-dealkylation sites (N-methyl/N-ethyl adjacent to an activating group) is 1. The number of hydrogen-bond acceptors (Lipinski definition) is 7. The van der Waals surface area contributed by atoms with Crippen LogP contribution >= 0.6 is 0 Å². The molecular formula is C17H29N7O. The summed E-state index contributed by atoms with van der Waals surface area (Å²) in [7, 11) is 2.14. The van der Waals surface area contributed by atoms with Crippen LogP contribution in [0, 0.1) is 0 Å². The molecule has 1 aromatic heterocycles. The average Bonchev–Trinajstić information content (AvgIpc) is 2.64. The Morgan fingerprint density at radius 2 is 2.04 bits per heavy atom. The maximum absolute atomic E-state index is 12.2. The van der Waals surface area contributed by atoms with Gasteiger partial charge in [0.1, 0.15) is 11.5 Å². The number of aromatic nitrogens is 2. The van der Waals surface area contributed by atoms with Crippen LogP contribution in [0.2, 0.25) is 0 Å². The quantitative estimate of drug-likeness (QED) is 0.726. The number of piperazine rings is 2. The number of hydrogen-bond donors (Lipinski definition) is 2. The van der Waals surface area contributed by atoms with Crippen molar-refractivity contribution in [2.24, 2.45) is 0 Å². The number of amides is 1. The van der Waals surface area contributed by atoms with Gasteiger partial charge >= 0.3 is 0 Å². The third kappa shape index (κ3) is 4.87. The zero-order valence-corrected chi connectivity index (χ0v) is 15.2. The fourth-order valence-corrected chi connectivity index (χ4v) is 3.26. The van der Waals surface area contributed by atoms with Gasteiger partial charge in [-0.2, -0.15) is 0 Å². The van der Waals surface area contributed by atoms with Crippen LogP contribution in [-0.2, 0) is 0 Å². The second kappa shape index (κ2) is 8.55. The Kier molecular flexibility index (Phi) is 6.17. The van der Waals surface area contributed by atoms with Crippen LogP contribution in [0.1, 0.15) is 17.4 Å². The van der Waals surface area contributed by atoms with Crippen LogP contribution in [0.3, 0.4) is 0 Å². The molecule has 0 bridgehead atoms. The van der Waals surface area contributed by atoms with Crippen molar-refractivity contribution in [2.45, 2.75) is 13.0 Å². The van der Waals surface area contributed by atoms with Crippen molar-refractivity contribution in [3.8, 4) is 0 Å². The summed E-state index contributed by atoms with van der Waals surface area (Å²) in [6.45, 7) is 10.8. The van der Waals surface area contributed by atoms with Crippen molar-refractivity contribution in [3.63, 3.8) is 0 Å². The highest BCUT2D eigenvalue weighted by Gasteiger charge is 2.20. The molecule has 2 N–H and O–H groups in total. The van der Waals surface area contributed by atoms with Gasteiger partial charge < -0.3 is 20.4 Å². The molecule has 0 spiro atoms. The lowest BCUT2D eigenvalue weighted by molar-refractivity contribution is 0.0935. The molecule has 0 aliphatic carbocycles. The van der Waals surface area contributed by atoms with E-state index in [0.717, 1.165) is 58.2 Å². The van der Waals surface area contributed by atoms with Crippen molar-refractivity contribution in [1.82, 2.24) is 30.4 Å². The van der Waals surface area contributed by atoms with Crippen LogP contribution in [0.15, 0.2) is 12.4 Å². The van der Waals surface area contributed by atoms with Gasteiger partial charge in [0.25, 0.3) is 5.91 Å². The fourth-order valence-electron chi connectivity index (χ4n) is 3.26. The van der Waals surface area contributed by atoms with E-state index in [-0.39, 0.29) is 5.91 Å². The van der Waals surface area contributed by atoms with Crippen LogP contribution in [0.25, 0.3) is 0 Å². The summed E-state index contributed by atoms with van der Waals surface area (Å²) in [6, 6.07) is 0.381. The molecular weight excluding hydrogens is 318 g/mol. The summed E-state index contributed by atoms with van der Waals surface area (Å²) >= 11 is 0. The first-order valence-electron chi connectivity index (χ1n) is 9.12. The number of nitrogens with one attached hydrogen (secondary N) is 2. The van der Waals surface area contributed by atoms with Gasteiger partial charge in [0.05, 0.1) is 12.4 Å². The molecule has 3 heterocycles. The molecule has 8 heteroatoms. The minimum Gasteiger partial charge on any atom is -0.350 e. The molecule has 1 aromatic rings. The van der Waals surface area contributed by atoms with Gasteiger partial charge in [-0.1, -0.05) is 0 Å². The molecule has 2 fully saturated rings. The van der Waals surface area contributed by atoms with E-state index >= 15 is 0 Å². The Morgan fingerprint density at radius 3 is 2.72 bits per heavy atom. The monoisotopic (exact) mass is 347 g/mol. The van der Waals surface area contributed by atoms with Gasteiger partial charge in [0, 0.05) is 64.9 Å². The summed E-state index contributed by atoms with van der Waals surface area (Å²) in [5.74, 6) is 0.685. The SMILES string of the molecule is CC1CNCCN1c1cnc(C(=O)NCCN2CCN(C)CC2)cn1. The van der Waals surface area contributed by atoms with Crippen LogP contribution in [-0.4, -0.2) is 97.7 Å². The van der Waals surface area contributed by atoms with Gasteiger partial charge in [0.15, 0.2) is 0 Å². The molecule has 25 heavy (non-hydrogen) atoms. The molecule has 138 valence electrons. The molecule has 2 aliphatic rings. The molecule has 1 amide bonds. The Morgan fingerprint density at radius 1 is 1.24 bits per heavy atom. The zero-order chi connectivity index (χ0) is 17.6. The molecule has 3 rings (SSSR count). The third-order valence-electron chi connectivity index (χ3n) is 4.98. The van der Waals surface area contributed by atoms with E-state index in [4.69, 9.17) is 0 Å². The predicted octanol–water partition coefficient (Wildman–Crippen LogP) is -0.748. The minimum atomic E-state index is -0.151. The van der Waals surface area contributed by atoms with Gasteiger partial charge in [-0.25, -0.2) is 9.97 Å². The zero-order valence-electron chi connectivity index (χ0n) is 15.2. The Balaban J connectivity index is 1.46. The van der Waals surface area contributed by atoms with Crippen LogP contribution in [0.4, 0.5) is 5.82 Å². The minimum absolute atomic E-state index is 0.151. The largest absolute Gasteiger partial charge is 0.350 e. The Labute approximate surface area is 149 Å². The van der Waals surface area contributed by atoms with Crippen molar-refractivity contribution in [2.75, 3.05) is 70.9 Å². The summed E-state index contributed by atoms with van der Waals surface area (Å²) < 4.78 is 0. The normalized spacial score (nSPS) is 22.8. The van der Waals surface area contributed by atoms with Gasteiger partial charge in [-0.05, 0) is 14.0 Å². The molecule has 0 radical (unpaired) electrons. The molecule has 8 nitrogen and oxygen atoms in total. The number of anilines is 1. The summed E-state index contributed by atoms with van der Waals surface area (Å²) in [4.78, 5) is 27.9. The Hall–Kier alpha value is -1.77. The van der Waals surface area contributed by atoms with Gasteiger partial charge in [0.2, 0.25) is 0 Å². The summed E-state index contributed by atoms with van der Waals surface area (Å²) in [5.41, 5.74) is 0.380. The van der Waals surface area contributed by atoms with E-state index in [9.17, 15) is 4.79 Å². The van der Waals surface area contributed by atoms with Crippen LogP contribution < -0.4 is 15.5 Å². The van der Waals surface area contributed by atoms with Crippen molar-refractivity contribution in [3.05, 3.63) is 18.1 Å². The highest BCUT2D eigenvalue weighted by Crippen LogP contribution is 2.14. The van der Waals surface area contributed by atoms with E-state index in [0.29, 0.717) is 18.3 Å². The number of carbonyl (C=O) groups excluding carboxylic acids is 1. The smallest absolute Gasteiger partial charge is 0.271 e. The van der Waals surface area contributed by atoms with E-state index in [1.807, 2.05) is 0 Å². The number of carbonyl (C=O) groups is 1. The summed E-state index contributed by atoms with van der Waals surface area (Å²) in [5, 5.41) is 6.30. The standard InChI is InChI=1S/C17H29N7O/c1-14-11-18-3-6-24(14)16-13-20-15(12-21-16)17(25)19-4-5-23-9-7-22(2)8-10-23/h12-14,18H,3-11H2,1-2H3,(H,19,25). The number of rotatable bonds is 5. The third-order valence-corrected chi connectivity index (χ3v) is 4.98. The summed E-state index contributed by atoms with van der Waals surface area (Å²) in [6.07, 6.45) is 3.28. The topological polar surface area (TPSA) is 76.6 Å². The predicted molar refractivity (Wildman–Crippen MR) is 98.0 cm³/mol. The highest BCUT2D eigenvalue weighted by atomic mass is 16.1. The first-order valence-corrected chi connectivity index (χ1v) is 9.12. The van der Waals surface area contributed by atoms with E-state index in [2.05, 4.69) is 49.3 Å². The maximum Gasteiger partial charge on any atom is 0.271 e. The molecule has 0 saturated carbocycles. The van der Waals surface area contributed by atoms with Crippen LogP contribution in [0.5, 0.6) is 0 Å². The maximum atomic E-state index is 12.2. The van der Waals surface area contributed by atoms with Gasteiger partial charge in [-0.3, -0.25) is 9.69 Å². The molecule has 0 aromatic carbocycles. The lowest BCUT2D eigenvalue weighted by atomic mass is 10.2. The van der Waals surface area contributed by atoms with E-state index in [1.54, 1.807) is 12.4 Å². The lowest BCUT2D eigenvalue weighted by Gasteiger charge is -2.34. The first kappa shape index (κ1) is 18.0. The Bertz CT molecular complexity index is 557. The second-order valence-electron chi connectivity index (χ2n) is 6.91. The molecule has 1 unspecified atom stereocenters. The average molecular weight is 347 g/mol. The molecule has 2 aliphatic heterocycles. The highest BCUT2D eigenvalue weighted by molar-refractivity contribution is 5.92. The van der Waals surface area contributed by atoms with Crippen molar-refractivity contribution >= 4 is 11.7 Å². The first-order chi connectivity index (χ1) is 12.1. The fraction of sp³-hybridized carbons (Fsp3) is 0.706. The lowest BCUT2D eigenvalue weighted by Crippen LogP contribution is -2.50. The van der Waals surface area contributed by atoms with Crippen molar-refractivity contribution < 1.29 is 4.79 Å². The van der Waals surface area contributed by atoms with Gasteiger partial charge in [-0.15, -0.1) is 0 Å².